The van der Waals surface area contributed by atoms with E-state index < -0.39 is 11.6 Å². The predicted octanol–water partition coefficient (Wildman–Crippen LogP) is 2.42. The molecule has 0 aromatic heterocycles. The Morgan fingerprint density at radius 1 is 1.33 bits per heavy atom. The molecule has 18 heavy (non-hydrogen) atoms. The minimum Gasteiger partial charge on any atom is -0.445 e. The third-order valence-corrected chi connectivity index (χ3v) is 2.86. The van der Waals surface area contributed by atoms with E-state index in [0.717, 1.165) is 5.56 Å². The van der Waals surface area contributed by atoms with Crippen molar-refractivity contribution in [3.8, 4) is 0 Å². The maximum absolute atomic E-state index is 11.9. The molecule has 0 saturated heterocycles. The van der Waals surface area contributed by atoms with Crippen LogP contribution in [0.4, 0.5) is 4.79 Å². The van der Waals surface area contributed by atoms with Gasteiger partial charge in [0, 0.05) is 6.54 Å². The Balaban J connectivity index is 2.59. The number of carbonyl (C=O) groups excluding carboxylic acids is 1. The van der Waals surface area contributed by atoms with Crippen LogP contribution in [-0.4, -0.2) is 34.8 Å². The van der Waals surface area contributed by atoms with E-state index in [1.807, 2.05) is 37.3 Å². The molecule has 0 aliphatic carbocycles. The molecule has 4 heteroatoms. The molecule has 0 radical (unpaired) electrons. The number of likely N-dealkylation sites (N-methyl/N-ethyl adjacent to an activating group) is 1. The molecule has 0 bridgehead atoms. The molecule has 0 unspecified atom stereocenters. The first-order chi connectivity index (χ1) is 8.51. The first-order valence-corrected chi connectivity index (χ1v) is 6.10. The zero-order valence-electron chi connectivity index (χ0n) is 11.2. The minimum absolute atomic E-state index is 0.0960. The number of hydrogen-bond donors (Lipinski definition) is 1. The number of benzene rings is 1. The topological polar surface area (TPSA) is 49.8 Å². The van der Waals surface area contributed by atoms with Gasteiger partial charge < -0.3 is 14.7 Å². The summed E-state index contributed by atoms with van der Waals surface area (Å²) in [5.74, 6) is 0. The van der Waals surface area contributed by atoms with Crippen molar-refractivity contribution in [1.82, 2.24) is 4.90 Å². The maximum Gasteiger partial charge on any atom is 0.410 e. The minimum atomic E-state index is -0.609. The highest BCUT2D eigenvalue weighted by molar-refractivity contribution is 5.68. The van der Waals surface area contributed by atoms with Crippen LogP contribution in [0.1, 0.15) is 26.3 Å². The maximum atomic E-state index is 11.9. The molecular weight excluding hydrogens is 230 g/mol. The van der Waals surface area contributed by atoms with Gasteiger partial charge in [-0.3, -0.25) is 0 Å². The largest absolute Gasteiger partial charge is 0.445 e. The van der Waals surface area contributed by atoms with Crippen LogP contribution < -0.4 is 0 Å². The van der Waals surface area contributed by atoms with Crippen molar-refractivity contribution in [2.24, 2.45) is 0 Å². The molecule has 0 fully saturated rings. The summed E-state index contributed by atoms with van der Waals surface area (Å²) in [6, 6.07) is 9.52. The van der Waals surface area contributed by atoms with Crippen molar-refractivity contribution in [3.63, 3.8) is 0 Å². The zero-order valence-corrected chi connectivity index (χ0v) is 11.2. The van der Waals surface area contributed by atoms with E-state index in [-0.39, 0.29) is 13.2 Å². The van der Waals surface area contributed by atoms with Crippen molar-refractivity contribution < 1.29 is 14.6 Å². The standard InChI is InChI=1S/C14H21NO3/c1-4-15(14(2,3)11-16)13(17)18-10-12-8-6-5-7-9-12/h5-9,16H,4,10-11H2,1-3H3. The lowest BCUT2D eigenvalue weighted by atomic mass is 10.1. The van der Waals surface area contributed by atoms with Crippen LogP contribution >= 0.6 is 0 Å². The average molecular weight is 251 g/mol. The molecule has 4 nitrogen and oxygen atoms in total. The molecule has 0 aliphatic heterocycles. The third-order valence-electron chi connectivity index (χ3n) is 2.86. The molecule has 1 aromatic carbocycles. The fourth-order valence-corrected chi connectivity index (χ4v) is 1.69. The summed E-state index contributed by atoms with van der Waals surface area (Å²) in [7, 11) is 0. The molecule has 1 aromatic rings. The Kier molecular flexibility index (Phi) is 5.16. The molecule has 100 valence electrons. The van der Waals surface area contributed by atoms with Gasteiger partial charge in [-0.25, -0.2) is 4.79 Å². The second-order valence-electron chi connectivity index (χ2n) is 4.75. The van der Waals surface area contributed by atoms with E-state index >= 15 is 0 Å². The van der Waals surface area contributed by atoms with Gasteiger partial charge in [-0.15, -0.1) is 0 Å². The molecule has 0 aliphatic rings. The van der Waals surface area contributed by atoms with E-state index in [0.29, 0.717) is 6.54 Å². The van der Waals surface area contributed by atoms with Crippen molar-refractivity contribution in [3.05, 3.63) is 35.9 Å². The van der Waals surface area contributed by atoms with Crippen LogP contribution in [-0.2, 0) is 11.3 Å². The number of nitrogens with zero attached hydrogens (tertiary/aromatic N) is 1. The van der Waals surface area contributed by atoms with Crippen molar-refractivity contribution >= 4 is 6.09 Å². The number of aliphatic hydroxyl groups is 1. The molecule has 0 heterocycles. The summed E-state index contributed by atoms with van der Waals surface area (Å²) in [6.45, 7) is 6.13. The van der Waals surface area contributed by atoms with Crippen LogP contribution in [0, 0.1) is 0 Å². The van der Waals surface area contributed by atoms with E-state index in [2.05, 4.69) is 0 Å². The van der Waals surface area contributed by atoms with Crippen LogP contribution in [0.15, 0.2) is 30.3 Å². The number of hydrogen-bond acceptors (Lipinski definition) is 3. The van der Waals surface area contributed by atoms with Crippen molar-refractivity contribution in [2.75, 3.05) is 13.2 Å². The monoisotopic (exact) mass is 251 g/mol. The van der Waals surface area contributed by atoms with Crippen molar-refractivity contribution in [1.29, 1.82) is 0 Å². The fraction of sp³-hybridized carbons (Fsp3) is 0.500. The fourth-order valence-electron chi connectivity index (χ4n) is 1.69. The van der Waals surface area contributed by atoms with Crippen LogP contribution in [0.25, 0.3) is 0 Å². The van der Waals surface area contributed by atoms with Gasteiger partial charge in [0.05, 0.1) is 12.1 Å². The van der Waals surface area contributed by atoms with E-state index in [1.165, 1.54) is 4.90 Å². The lowest BCUT2D eigenvalue weighted by Gasteiger charge is -2.35. The Bertz CT molecular complexity index is 376. The van der Waals surface area contributed by atoms with E-state index in [4.69, 9.17) is 4.74 Å². The summed E-state index contributed by atoms with van der Waals surface area (Å²) in [5, 5.41) is 9.28. The van der Waals surface area contributed by atoms with E-state index in [9.17, 15) is 9.90 Å². The quantitative estimate of drug-likeness (QED) is 0.874. The van der Waals surface area contributed by atoms with Crippen LogP contribution in [0.3, 0.4) is 0 Å². The molecular formula is C14H21NO3. The average Bonchev–Trinajstić information content (AvgIpc) is 2.38. The first-order valence-electron chi connectivity index (χ1n) is 6.10. The number of amides is 1. The highest BCUT2D eigenvalue weighted by Gasteiger charge is 2.30. The number of rotatable bonds is 5. The van der Waals surface area contributed by atoms with Gasteiger partial charge in [0.1, 0.15) is 6.61 Å². The zero-order chi connectivity index (χ0) is 13.6. The van der Waals surface area contributed by atoms with Crippen molar-refractivity contribution in [2.45, 2.75) is 32.9 Å². The van der Waals surface area contributed by atoms with Gasteiger partial charge in [0.15, 0.2) is 0 Å². The highest BCUT2D eigenvalue weighted by Crippen LogP contribution is 2.15. The Labute approximate surface area is 108 Å². The second kappa shape index (κ2) is 6.40. The van der Waals surface area contributed by atoms with Gasteiger partial charge in [-0.05, 0) is 26.3 Å². The van der Waals surface area contributed by atoms with Gasteiger partial charge in [0.2, 0.25) is 0 Å². The van der Waals surface area contributed by atoms with Gasteiger partial charge in [-0.1, -0.05) is 30.3 Å². The summed E-state index contributed by atoms with van der Waals surface area (Å²) in [6.07, 6.45) is -0.402. The van der Waals surface area contributed by atoms with Crippen LogP contribution in [0.5, 0.6) is 0 Å². The molecule has 1 N–H and O–H groups in total. The summed E-state index contributed by atoms with van der Waals surface area (Å²) in [5.41, 5.74) is 0.339. The number of ether oxygens (including phenoxy) is 1. The molecule has 0 atom stereocenters. The predicted molar refractivity (Wildman–Crippen MR) is 70.2 cm³/mol. The van der Waals surface area contributed by atoms with Crippen LogP contribution in [0.2, 0.25) is 0 Å². The highest BCUT2D eigenvalue weighted by atomic mass is 16.6. The van der Waals surface area contributed by atoms with Gasteiger partial charge in [0.25, 0.3) is 0 Å². The van der Waals surface area contributed by atoms with Gasteiger partial charge >= 0.3 is 6.09 Å². The second-order valence-corrected chi connectivity index (χ2v) is 4.75. The summed E-state index contributed by atoms with van der Waals surface area (Å²) in [4.78, 5) is 13.5. The lowest BCUT2D eigenvalue weighted by molar-refractivity contribution is 0.0344. The lowest BCUT2D eigenvalue weighted by Crippen LogP contribution is -2.50. The first kappa shape index (κ1) is 14.5. The molecule has 0 saturated carbocycles. The summed E-state index contributed by atoms with van der Waals surface area (Å²) >= 11 is 0. The van der Waals surface area contributed by atoms with E-state index in [1.54, 1.807) is 13.8 Å². The molecule has 1 amide bonds. The smallest absolute Gasteiger partial charge is 0.410 e. The van der Waals surface area contributed by atoms with Gasteiger partial charge in [-0.2, -0.15) is 0 Å². The number of aliphatic hydroxyl groups excluding tert-OH is 1. The number of carbonyl (C=O) groups is 1. The normalized spacial score (nSPS) is 11.1. The molecule has 1 rings (SSSR count). The Morgan fingerprint density at radius 3 is 2.44 bits per heavy atom. The Hall–Kier alpha value is -1.55. The summed E-state index contributed by atoms with van der Waals surface area (Å²) < 4.78 is 5.25. The SMILES string of the molecule is CCN(C(=O)OCc1ccccc1)C(C)(C)CO. The third kappa shape index (κ3) is 3.74. The molecule has 0 spiro atoms. The Morgan fingerprint density at radius 2 is 1.94 bits per heavy atom.